The van der Waals surface area contributed by atoms with Crippen LogP contribution in [0.3, 0.4) is 0 Å². The van der Waals surface area contributed by atoms with E-state index in [9.17, 15) is 14.4 Å². The molecule has 1 aliphatic rings. The predicted molar refractivity (Wildman–Crippen MR) is 60.4 cm³/mol. The summed E-state index contributed by atoms with van der Waals surface area (Å²) >= 11 is 0. The normalized spacial score (nSPS) is 19.8. The number of carboxylic acids is 1. The van der Waals surface area contributed by atoms with Crippen LogP contribution in [0, 0.1) is 0 Å². The summed E-state index contributed by atoms with van der Waals surface area (Å²) in [4.78, 5) is 34.9. The number of nitrogens with one attached hydrogen (secondary N) is 1. The Balaban J connectivity index is 2.37. The van der Waals surface area contributed by atoms with Crippen molar-refractivity contribution in [2.75, 3.05) is 6.54 Å². The van der Waals surface area contributed by atoms with Gasteiger partial charge in [-0.15, -0.1) is 0 Å². The molecule has 1 rings (SSSR count). The maximum Gasteiger partial charge on any atom is 0.324 e. The van der Waals surface area contributed by atoms with Crippen LogP contribution in [0.1, 0.15) is 39.0 Å². The molecule has 1 fully saturated rings. The molecule has 1 atom stereocenters. The van der Waals surface area contributed by atoms with E-state index in [0.29, 0.717) is 6.54 Å². The summed E-state index contributed by atoms with van der Waals surface area (Å²) in [5.41, 5.74) is 0. The number of likely N-dealkylation sites (tertiary alicyclic amines) is 1. The van der Waals surface area contributed by atoms with Crippen LogP contribution in [-0.4, -0.2) is 40.5 Å². The summed E-state index contributed by atoms with van der Waals surface area (Å²) in [5.74, 6) is -1.57. The van der Waals surface area contributed by atoms with Gasteiger partial charge in [0.1, 0.15) is 0 Å². The molecule has 1 heterocycles. The van der Waals surface area contributed by atoms with Gasteiger partial charge in [0.25, 0.3) is 0 Å². The molecule has 0 radical (unpaired) electrons. The molecule has 0 aliphatic carbocycles. The zero-order chi connectivity index (χ0) is 12.8. The number of urea groups is 1. The van der Waals surface area contributed by atoms with Gasteiger partial charge in [-0.3, -0.25) is 14.9 Å². The molecule has 0 aromatic carbocycles. The highest BCUT2D eigenvalue weighted by Crippen LogP contribution is 2.16. The second-order valence-electron chi connectivity index (χ2n) is 4.29. The molecule has 6 nitrogen and oxygen atoms in total. The third-order valence-corrected chi connectivity index (χ3v) is 2.88. The lowest BCUT2D eigenvalue weighted by atomic mass is 10.0. The molecular formula is C11H18N2O4. The van der Waals surface area contributed by atoms with E-state index in [-0.39, 0.29) is 18.9 Å². The van der Waals surface area contributed by atoms with Crippen LogP contribution in [0.15, 0.2) is 0 Å². The molecule has 1 unspecified atom stereocenters. The van der Waals surface area contributed by atoms with Gasteiger partial charge in [0.05, 0.1) is 6.42 Å². The Hall–Kier alpha value is -1.59. The van der Waals surface area contributed by atoms with Crippen LogP contribution in [0.25, 0.3) is 0 Å². The number of carboxylic acid groups (broad SMARTS) is 1. The van der Waals surface area contributed by atoms with E-state index < -0.39 is 17.9 Å². The van der Waals surface area contributed by atoms with E-state index in [0.717, 1.165) is 19.3 Å². The third kappa shape index (κ3) is 4.42. The number of nitrogens with zero attached hydrogens (tertiary/aromatic N) is 1. The van der Waals surface area contributed by atoms with Gasteiger partial charge in [0.15, 0.2) is 0 Å². The van der Waals surface area contributed by atoms with Gasteiger partial charge in [0.2, 0.25) is 5.91 Å². The zero-order valence-corrected chi connectivity index (χ0v) is 9.94. The molecule has 0 aromatic heterocycles. The molecule has 0 spiro atoms. The smallest absolute Gasteiger partial charge is 0.324 e. The topological polar surface area (TPSA) is 86.7 Å². The van der Waals surface area contributed by atoms with Crippen LogP contribution >= 0.6 is 0 Å². The first-order chi connectivity index (χ1) is 8.00. The van der Waals surface area contributed by atoms with E-state index in [4.69, 9.17) is 5.11 Å². The summed E-state index contributed by atoms with van der Waals surface area (Å²) < 4.78 is 0. The van der Waals surface area contributed by atoms with Crippen LogP contribution in [0.5, 0.6) is 0 Å². The number of amides is 3. The lowest BCUT2D eigenvalue weighted by Gasteiger charge is -2.33. The van der Waals surface area contributed by atoms with Gasteiger partial charge in [-0.2, -0.15) is 0 Å². The Morgan fingerprint density at radius 3 is 2.59 bits per heavy atom. The minimum Gasteiger partial charge on any atom is -0.481 e. The van der Waals surface area contributed by atoms with Crippen molar-refractivity contribution in [3.8, 4) is 0 Å². The Morgan fingerprint density at radius 1 is 1.29 bits per heavy atom. The number of piperidine rings is 1. The molecule has 3 amide bonds. The van der Waals surface area contributed by atoms with E-state index in [1.165, 1.54) is 0 Å². The largest absolute Gasteiger partial charge is 0.481 e. The van der Waals surface area contributed by atoms with Gasteiger partial charge in [-0.1, -0.05) is 0 Å². The fourth-order valence-electron chi connectivity index (χ4n) is 1.87. The van der Waals surface area contributed by atoms with Crippen molar-refractivity contribution in [2.45, 2.75) is 45.1 Å². The summed E-state index contributed by atoms with van der Waals surface area (Å²) in [5, 5.41) is 10.6. The summed E-state index contributed by atoms with van der Waals surface area (Å²) in [6, 6.07) is -0.274. The average Bonchev–Trinajstić information content (AvgIpc) is 2.26. The molecule has 2 N–H and O–H groups in total. The number of hydrogen-bond acceptors (Lipinski definition) is 3. The minimum absolute atomic E-state index is 0.135. The monoisotopic (exact) mass is 242 g/mol. The predicted octanol–water partition coefficient (Wildman–Crippen LogP) is 0.962. The van der Waals surface area contributed by atoms with Crippen molar-refractivity contribution in [2.24, 2.45) is 0 Å². The SMILES string of the molecule is CC1CCCCN1C(=O)NC(=O)CCC(=O)O. The molecule has 0 saturated carbocycles. The van der Waals surface area contributed by atoms with Gasteiger partial charge in [-0.05, 0) is 26.2 Å². The fourth-order valence-corrected chi connectivity index (χ4v) is 1.87. The molecular weight excluding hydrogens is 224 g/mol. The Bertz CT molecular complexity index is 317. The molecule has 6 heteroatoms. The first-order valence-corrected chi connectivity index (χ1v) is 5.83. The average molecular weight is 242 g/mol. The highest BCUT2D eigenvalue weighted by Gasteiger charge is 2.24. The maximum atomic E-state index is 11.7. The highest BCUT2D eigenvalue weighted by atomic mass is 16.4. The minimum atomic E-state index is -1.04. The Labute approximate surface area is 100.0 Å². The zero-order valence-electron chi connectivity index (χ0n) is 9.94. The van der Waals surface area contributed by atoms with Gasteiger partial charge >= 0.3 is 12.0 Å². The van der Waals surface area contributed by atoms with Crippen molar-refractivity contribution >= 4 is 17.9 Å². The molecule has 96 valence electrons. The van der Waals surface area contributed by atoms with Crippen LogP contribution < -0.4 is 5.32 Å². The summed E-state index contributed by atoms with van der Waals surface area (Å²) in [6.45, 7) is 2.60. The molecule has 17 heavy (non-hydrogen) atoms. The van der Waals surface area contributed by atoms with Gasteiger partial charge in [-0.25, -0.2) is 4.79 Å². The van der Waals surface area contributed by atoms with Crippen molar-refractivity contribution in [3.05, 3.63) is 0 Å². The third-order valence-electron chi connectivity index (χ3n) is 2.88. The molecule has 1 saturated heterocycles. The van der Waals surface area contributed by atoms with Crippen LogP contribution in [0.2, 0.25) is 0 Å². The lowest BCUT2D eigenvalue weighted by Crippen LogP contribution is -2.49. The lowest BCUT2D eigenvalue weighted by molar-refractivity contribution is -0.138. The first kappa shape index (κ1) is 13.5. The van der Waals surface area contributed by atoms with E-state index in [2.05, 4.69) is 5.32 Å². The number of carbonyl (C=O) groups excluding carboxylic acids is 2. The van der Waals surface area contributed by atoms with Crippen molar-refractivity contribution < 1.29 is 19.5 Å². The van der Waals surface area contributed by atoms with E-state index >= 15 is 0 Å². The maximum absolute atomic E-state index is 11.7. The Kier molecular flexibility index (Phi) is 4.93. The quantitative estimate of drug-likeness (QED) is 0.771. The van der Waals surface area contributed by atoms with Crippen molar-refractivity contribution in [1.82, 2.24) is 10.2 Å². The fraction of sp³-hybridized carbons (Fsp3) is 0.727. The van der Waals surface area contributed by atoms with Gasteiger partial charge in [0, 0.05) is 19.0 Å². The van der Waals surface area contributed by atoms with Crippen LogP contribution in [0.4, 0.5) is 4.79 Å². The number of aliphatic carboxylic acids is 1. The Morgan fingerprint density at radius 2 is 2.00 bits per heavy atom. The van der Waals surface area contributed by atoms with E-state index in [1.807, 2.05) is 6.92 Å². The number of hydrogen-bond donors (Lipinski definition) is 2. The number of rotatable bonds is 3. The van der Waals surface area contributed by atoms with Crippen molar-refractivity contribution in [3.63, 3.8) is 0 Å². The second-order valence-corrected chi connectivity index (χ2v) is 4.29. The van der Waals surface area contributed by atoms with Gasteiger partial charge < -0.3 is 10.0 Å². The van der Waals surface area contributed by atoms with E-state index in [1.54, 1.807) is 4.90 Å². The summed E-state index contributed by atoms with van der Waals surface area (Å²) in [6.07, 6.45) is 2.56. The molecule has 0 aromatic rings. The van der Waals surface area contributed by atoms with Crippen LogP contribution in [-0.2, 0) is 9.59 Å². The molecule has 1 aliphatic heterocycles. The molecule has 0 bridgehead atoms. The second kappa shape index (κ2) is 6.22. The number of carbonyl (C=O) groups is 3. The highest BCUT2D eigenvalue weighted by molar-refractivity contribution is 5.95. The summed E-state index contributed by atoms with van der Waals surface area (Å²) in [7, 11) is 0. The standard InChI is InChI=1S/C11H18N2O4/c1-8-4-2-3-7-13(8)11(17)12-9(14)5-6-10(15)16/h8H,2-7H2,1H3,(H,15,16)(H,12,14,17). The van der Waals surface area contributed by atoms with Crippen molar-refractivity contribution in [1.29, 1.82) is 0 Å². The first-order valence-electron chi connectivity index (χ1n) is 5.83. The number of imide groups is 1.